The Kier molecular flexibility index (Phi) is 6.33. The maximum atomic E-state index is 15.0. The first-order valence-corrected chi connectivity index (χ1v) is 13.3. The Morgan fingerprint density at radius 2 is 1.92 bits per heavy atom. The molecule has 0 aliphatic carbocycles. The van der Waals surface area contributed by atoms with E-state index in [0.29, 0.717) is 39.0 Å². The first-order valence-electron chi connectivity index (χ1n) is 12.9. The van der Waals surface area contributed by atoms with E-state index in [9.17, 15) is 19.5 Å². The normalized spacial score (nSPS) is 22.6. The van der Waals surface area contributed by atoms with Crippen LogP contribution in [0.4, 0.5) is 10.2 Å². The number of nitrogens with zero attached hydrogens (tertiary/aromatic N) is 5. The molecule has 204 valence electrons. The van der Waals surface area contributed by atoms with Crippen LogP contribution in [0.3, 0.4) is 0 Å². The molecule has 0 spiro atoms. The molecule has 10 nitrogen and oxygen atoms in total. The van der Waals surface area contributed by atoms with Gasteiger partial charge >= 0.3 is 0 Å². The monoisotopic (exact) mass is 555 g/mol. The Hall–Kier alpha value is -3.86. The van der Waals surface area contributed by atoms with Crippen LogP contribution in [-0.4, -0.2) is 100 Å². The number of carbonyl (C=O) groups excluding carboxylic acids is 3. The molecule has 1 aromatic carbocycles. The van der Waals surface area contributed by atoms with Crippen molar-refractivity contribution in [3.05, 3.63) is 47.3 Å². The van der Waals surface area contributed by atoms with Crippen LogP contribution in [0.1, 0.15) is 23.2 Å². The Labute approximate surface area is 229 Å². The fraction of sp³-hybridized carbons (Fsp3) is 0.407. The SMILES string of the molecule is C=CC(=O)N1CCN2C(=O)c3c(N4CCN5C(=O)CC[C@@H]5C4)nc(-c4c(O)cccc4F)c(Cl)c3OC[C@H]2C1. The topological polar surface area (TPSA) is 107 Å². The van der Waals surface area contributed by atoms with Gasteiger partial charge in [-0.2, -0.15) is 0 Å². The summed E-state index contributed by atoms with van der Waals surface area (Å²) in [5.41, 5.74) is -0.0765. The van der Waals surface area contributed by atoms with Gasteiger partial charge in [-0.25, -0.2) is 9.37 Å². The third-order valence-corrected chi connectivity index (χ3v) is 8.31. The zero-order valence-electron chi connectivity index (χ0n) is 21.1. The largest absolute Gasteiger partial charge is 0.507 e. The van der Waals surface area contributed by atoms with Gasteiger partial charge in [-0.15, -0.1) is 0 Å². The molecule has 2 aromatic rings. The number of amides is 3. The van der Waals surface area contributed by atoms with E-state index in [4.69, 9.17) is 21.3 Å². The Morgan fingerprint density at radius 3 is 2.69 bits per heavy atom. The second-order valence-electron chi connectivity index (χ2n) is 10.1. The van der Waals surface area contributed by atoms with Crippen LogP contribution >= 0.6 is 11.6 Å². The van der Waals surface area contributed by atoms with Gasteiger partial charge in [0.2, 0.25) is 11.8 Å². The summed E-state index contributed by atoms with van der Waals surface area (Å²) in [5.74, 6) is -1.22. The van der Waals surface area contributed by atoms with Crippen LogP contribution in [0, 0.1) is 5.82 Å². The predicted molar refractivity (Wildman–Crippen MR) is 140 cm³/mol. The number of carbonyl (C=O) groups is 3. The van der Waals surface area contributed by atoms with E-state index in [1.165, 1.54) is 24.3 Å². The van der Waals surface area contributed by atoms with Gasteiger partial charge in [-0.1, -0.05) is 24.2 Å². The minimum absolute atomic E-state index is 0.0345. The molecule has 4 aliphatic heterocycles. The number of pyridine rings is 1. The number of rotatable bonds is 3. The number of phenols is 1. The number of benzene rings is 1. The van der Waals surface area contributed by atoms with E-state index in [1.807, 2.05) is 9.80 Å². The van der Waals surface area contributed by atoms with E-state index in [2.05, 4.69) is 6.58 Å². The van der Waals surface area contributed by atoms with Crippen molar-refractivity contribution in [3.63, 3.8) is 0 Å². The van der Waals surface area contributed by atoms with E-state index in [1.54, 1.807) is 9.80 Å². The van der Waals surface area contributed by atoms with Gasteiger partial charge < -0.3 is 29.4 Å². The van der Waals surface area contributed by atoms with Crippen molar-refractivity contribution in [1.29, 1.82) is 0 Å². The summed E-state index contributed by atoms with van der Waals surface area (Å²) < 4.78 is 21.2. The van der Waals surface area contributed by atoms with E-state index >= 15 is 4.39 Å². The van der Waals surface area contributed by atoms with E-state index < -0.39 is 11.9 Å². The summed E-state index contributed by atoms with van der Waals surface area (Å²) in [4.78, 5) is 50.4. The van der Waals surface area contributed by atoms with Gasteiger partial charge in [0, 0.05) is 51.7 Å². The zero-order chi connectivity index (χ0) is 27.4. The number of halogens is 2. The summed E-state index contributed by atoms with van der Waals surface area (Å²) >= 11 is 6.78. The molecule has 4 aliphatic rings. The summed E-state index contributed by atoms with van der Waals surface area (Å²) in [5, 5.41) is 10.5. The number of piperazine rings is 2. The predicted octanol–water partition coefficient (Wildman–Crippen LogP) is 2.29. The van der Waals surface area contributed by atoms with Gasteiger partial charge in [0.05, 0.1) is 11.6 Å². The molecule has 12 heteroatoms. The smallest absolute Gasteiger partial charge is 0.261 e. The lowest BCUT2D eigenvalue weighted by Crippen LogP contribution is -2.57. The van der Waals surface area contributed by atoms with Crippen molar-refractivity contribution in [1.82, 2.24) is 19.7 Å². The maximum Gasteiger partial charge on any atom is 0.261 e. The van der Waals surface area contributed by atoms with Crippen LogP contribution in [0.2, 0.25) is 5.02 Å². The molecule has 0 unspecified atom stereocenters. The second kappa shape index (κ2) is 9.71. The molecule has 1 N–H and O–H groups in total. The Bertz CT molecular complexity index is 1380. The Balaban J connectivity index is 1.47. The molecule has 0 radical (unpaired) electrons. The van der Waals surface area contributed by atoms with Crippen molar-refractivity contribution in [3.8, 4) is 22.8 Å². The number of anilines is 1. The maximum absolute atomic E-state index is 15.0. The van der Waals surface area contributed by atoms with Crippen LogP contribution in [0.25, 0.3) is 11.3 Å². The number of fused-ring (bicyclic) bond motifs is 3. The molecule has 6 rings (SSSR count). The molecule has 3 fully saturated rings. The molecule has 3 saturated heterocycles. The number of aromatic hydroxyl groups is 1. The minimum Gasteiger partial charge on any atom is -0.507 e. The molecule has 1 aromatic heterocycles. The van der Waals surface area contributed by atoms with E-state index in [-0.39, 0.29) is 82.6 Å². The van der Waals surface area contributed by atoms with Crippen LogP contribution in [-0.2, 0) is 9.59 Å². The quantitative estimate of drug-likeness (QED) is 0.579. The van der Waals surface area contributed by atoms with Crippen molar-refractivity contribution in [2.45, 2.75) is 24.9 Å². The standard InChI is InChI=1S/C27H27ClFN5O5/c1-2-19(36)31-8-11-34-16(13-31)14-39-25-22(27(34)38)26(32-9-10-33-15(12-32)6-7-20(33)37)30-24(23(25)28)21-17(29)4-3-5-18(21)35/h2-5,15-16,35H,1,6-14H2/t15-,16-/m1/s1. The molecule has 3 amide bonds. The summed E-state index contributed by atoms with van der Waals surface area (Å²) in [6, 6.07) is 3.42. The number of phenolic OH excluding ortho intramolecular Hbond substituents is 1. The fourth-order valence-corrected chi connectivity index (χ4v) is 6.26. The third-order valence-electron chi connectivity index (χ3n) is 7.96. The highest BCUT2D eigenvalue weighted by Crippen LogP contribution is 2.46. The summed E-state index contributed by atoms with van der Waals surface area (Å²) in [7, 11) is 0. The highest BCUT2D eigenvalue weighted by atomic mass is 35.5. The van der Waals surface area contributed by atoms with Crippen LogP contribution in [0.15, 0.2) is 30.9 Å². The third kappa shape index (κ3) is 4.15. The van der Waals surface area contributed by atoms with Gasteiger partial charge in [0.25, 0.3) is 5.91 Å². The lowest BCUT2D eigenvalue weighted by Gasteiger charge is -2.40. The van der Waals surface area contributed by atoms with Crippen LogP contribution in [0.5, 0.6) is 11.5 Å². The first kappa shape index (κ1) is 25.4. The molecule has 5 heterocycles. The number of hydrogen-bond donors (Lipinski definition) is 1. The van der Waals surface area contributed by atoms with Gasteiger partial charge in [0.15, 0.2) is 5.75 Å². The summed E-state index contributed by atoms with van der Waals surface area (Å²) in [6.07, 6.45) is 2.40. The van der Waals surface area contributed by atoms with Gasteiger partial charge in [0.1, 0.15) is 40.3 Å². The van der Waals surface area contributed by atoms with Gasteiger partial charge in [-0.3, -0.25) is 14.4 Å². The van der Waals surface area contributed by atoms with Gasteiger partial charge in [-0.05, 0) is 24.6 Å². The minimum atomic E-state index is -0.725. The number of hydrogen-bond acceptors (Lipinski definition) is 7. The molecule has 2 atom stereocenters. The lowest BCUT2D eigenvalue weighted by atomic mass is 10.0. The number of aromatic nitrogens is 1. The highest BCUT2D eigenvalue weighted by molar-refractivity contribution is 6.35. The first-order chi connectivity index (χ1) is 18.8. The zero-order valence-corrected chi connectivity index (χ0v) is 21.9. The average molecular weight is 556 g/mol. The number of ether oxygens (including phenoxy) is 1. The molecule has 39 heavy (non-hydrogen) atoms. The van der Waals surface area contributed by atoms with Crippen molar-refractivity contribution in [2.24, 2.45) is 0 Å². The van der Waals surface area contributed by atoms with E-state index in [0.717, 1.165) is 0 Å². The fourth-order valence-electron chi connectivity index (χ4n) is 5.97. The average Bonchev–Trinajstić information content (AvgIpc) is 3.24. The van der Waals surface area contributed by atoms with Crippen molar-refractivity contribution in [2.75, 3.05) is 50.8 Å². The highest BCUT2D eigenvalue weighted by Gasteiger charge is 2.43. The molecular weight excluding hydrogens is 529 g/mol. The molecule has 0 saturated carbocycles. The second-order valence-corrected chi connectivity index (χ2v) is 10.5. The van der Waals surface area contributed by atoms with Crippen LogP contribution < -0.4 is 9.64 Å². The lowest BCUT2D eigenvalue weighted by molar-refractivity contribution is -0.129. The summed E-state index contributed by atoms with van der Waals surface area (Å²) in [6.45, 7) is 5.79. The van der Waals surface area contributed by atoms with Crippen molar-refractivity contribution < 1.29 is 28.6 Å². The molecule has 0 bridgehead atoms. The Morgan fingerprint density at radius 1 is 1.13 bits per heavy atom. The van der Waals surface area contributed by atoms with Crippen molar-refractivity contribution >= 4 is 35.1 Å². The molecular formula is C27H27ClFN5O5.